The van der Waals surface area contributed by atoms with E-state index >= 15 is 0 Å². The number of nitrogens with zero attached hydrogens (tertiary/aromatic N) is 1. The topological polar surface area (TPSA) is 43.4 Å². The SMILES string of the molecule is CC(CNCC1CCCO1)Oc1cccnc1. The zero-order valence-corrected chi connectivity index (χ0v) is 10.3. The molecule has 0 aliphatic carbocycles. The standard InChI is InChI=1S/C13H20N2O2/c1-11(17-13-4-2-6-14-10-13)8-15-9-12-5-3-7-16-12/h2,4,6,10-12,15H,3,5,7-9H2,1H3. The van der Waals surface area contributed by atoms with Crippen LogP contribution in [0, 0.1) is 0 Å². The summed E-state index contributed by atoms with van der Waals surface area (Å²) in [4.78, 5) is 4.02. The molecule has 1 aromatic rings. The Hall–Kier alpha value is -1.13. The van der Waals surface area contributed by atoms with E-state index < -0.39 is 0 Å². The van der Waals surface area contributed by atoms with Gasteiger partial charge in [-0.1, -0.05) is 0 Å². The van der Waals surface area contributed by atoms with Crippen molar-refractivity contribution in [1.82, 2.24) is 10.3 Å². The van der Waals surface area contributed by atoms with E-state index in [1.807, 2.05) is 12.1 Å². The lowest BCUT2D eigenvalue weighted by Crippen LogP contribution is -2.34. The smallest absolute Gasteiger partial charge is 0.138 e. The number of nitrogens with one attached hydrogen (secondary N) is 1. The van der Waals surface area contributed by atoms with Crippen molar-refractivity contribution in [2.75, 3.05) is 19.7 Å². The van der Waals surface area contributed by atoms with Gasteiger partial charge in [-0.3, -0.25) is 4.98 Å². The molecule has 2 atom stereocenters. The van der Waals surface area contributed by atoms with Crippen LogP contribution in [0.15, 0.2) is 24.5 Å². The second-order valence-electron chi connectivity index (χ2n) is 4.41. The van der Waals surface area contributed by atoms with Crippen LogP contribution in [-0.4, -0.2) is 36.9 Å². The predicted octanol–water partition coefficient (Wildman–Crippen LogP) is 1.62. The lowest BCUT2D eigenvalue weighted by Gasteiger charge is -2.16. The van der Waals surface area contributed by atoms with Gasteiger partial charge in [0.15, 0.2) is 0 Å². The van der Waals surface area contributed by atoms with Gasteiger partial charge in [-0.2, -0.15) is 0 Å². The van der Waals surface area contributed by atoms with Crippen LogP contribution in [-0.2, 0) is 4.74 Å². The molecule has 94 valence electrons. The van der Waals surface area contributed by atoms with E-state index in [1.165, 1.54) is 12.8 Å². The van der Waals surface area contributed by atoms with Crippen molar-refractivity contribution in [3.05, 3.63) is 24.5 Å². The Morgan fingerprint density at radius 1 is 1.65 bits per heavy atom. The molecule has 1 aliphatic rings. The Bertz CT molecular complexity index is 312. The first kappa shape index (κ1) is 12.3. The Kier molecular flexibility index (Phi) is 4.76. The molecule has 0 spiro atoms. The van der Waals surface area contributed by atoms with E-state index in [0.717, 1.165) is 25.4 Å². The third-order valence-corrected chi connectivity index (χ3v) is 2.80. The Balaban J connectivity index is 1.62. The summed E-state index contributed by atoms with van der Waals surface area (Å²) in [6, 6.07) is 3.80. The maximum Gasteiger partial charge on any atom is 0.138 e. The van der Waals surface area contributed by atoms with Gasteiger partial charge >= 0.3 is 0 Å². The predicted molar refractivity (Wildman–Crippen MR) is 66.2 cm³/mol. The monoisotopic (exact) mass is 236 g/mol. The number of ether oxygens (including phenoxy) is 2. The molecule has 1 aliphatic heterocycles. The van der Waals surface area contributed by atoms with Crippen LogP contribution < -0.4 is 10.1 Å². The number of hydrogen-bond acceptors (Lipinski definition) is 4. The summed E-state index contributed by atoms with van der Waals surface area (Å²) in [5.74, 6) is 0.818. The van der Waals surface area contributed by atoms with Gasteiger partial charge in [0.05, 0.1) is 12.3 Å². The fourth-order valence-corrected chi connectivity index (χ4v) is 1.94. The fourth-order valence-electron chi connectivity index (χ4n) is 1.94. The maximum atomic E-state index is 5.71. The van der Waals surface area contributed by atoms with Gasteiger partial charge in [0.2, 0.25) is 0 Å². The highest BCUT2D eigenvalue weighted by molar-refractivity contribution is 5.15. The van der Waals surface area contributed by atoms with Crippen LogP contribution in [0.5, 0.6) is 5.75 Å². The van der Waals surface area contributed by atoms with E-state index in [9.17, 15) is 0 Å². The molecule has 0 aromatic carbocycles. The zero-order valence-electron chi connectivity index (χ0n) is 10.3. The highest BCUT2D eigenvalue weighted by Gasteiger charge is 2.15. The summed E-state index contributed by atoms with van der Waals surface area (Å²) in [5, 5.41) is 3.38. The number of rotatable bonds is 6. The van der Waals surface area contributed by atoms with Crippen molar-refractivity contribution in [2.24, 2.45) is 0 Å². The molecule has 0 saturated carbocycles. The fraction of sp³-hybridized carbons (Fsp3) is 0.615. The van der Waals surface area contributed by atoms with Crippen molar-refractivity contribution in [3.63, 3.8) is 0 Å². The lowest BCUT2D eigenvalue weighted by molar-refractivity contribution is 0.106. The van der Waals surface area contributed by atoms with Crippen molar-refractivity contribution < 1.29 is 9.47 Å². The molecule has 1 fully saturated rings. The molecule has 1 N–H and O–H groups in total. The van der Waals surface area contributed by atoms with E-state index in [1.54, 1.807) is 12.4 Å². The third-order valence-electron chi connectivity index (χ3n) is 2.80. The minimum atomic E-state index is 0.139. The van der Waals surface area contributed by atoms with Gasteiger partial charge < -0.3 is 14.8 Å². The second-order valence-corrected chi connectivity index (χ2v) is 4.41. The summed E-state index contributed by atoms with van der Waals surface area (Å²) < 4.78 is 11.3. The first-order valence-electron chi connectivity index (χ1n) is 6.23. The molecule has 4 heteroatoms. The molecule has 1 aromatic heterocycles. The molecule has 0 radical (unpaired) electrons. The minimum Gasteiger partial charge on any atom is -0.488 e. The maximum absolute atomic E-state index is 5.71. The third kappa shape index (κ3) is 4.32. The van der Waals surface area contributed by atoms with Crippen molar-refractivity contribution in [3.8, 4) is 5.75 Å². The highest BCUT2D eigenvalue weighted by Crippen LogP contribution is 2.11. The molecule has 2 heterocycles. The molecule has 2 unspecified atom stereocenters. The molecule has 0 amide bonds. The molecule has 2 rings (SSSR count). The van der Waals surface area contributed by atoms with Crippen LogP contribution in [0.4, 0.5) is 0 Å². The number of aromatic nitrogens is 1. The Morgan fingerprint density at radius 3 is 3.29 bits per heavy atom. The first-order valence-corrected chi connectivity index (χ1v) is 6.23. The van der Waals surface area contributed by atoms with Crippen LogP contribution in [0.3, 0.4) is 0 Å². The van der Waals surface area contributed by atoms with Gasteiger partial charge in [-0.25, -0.2) is 0 Å². The summed E-state index contributed by atoms with van der Waals surface area (Å²) in [7, 11) is 0. The summed E-state index contributed by atoms with van der Waals surface area (Å²) in [5.41, 5.74) is 0. The largest absolute Gasteiger partial charge is 0.488 e. The normalized spacial score (nSPS) is 21.4. The molecule has 4 nitrogen and oxygen atoms in total. The Labute approximate surface area is 102 Å². The van der Waals surface area contributed by atoms with Crippen LogP contribution in [0.2, 0.25) is 0 Å². The summed E-state index contributed by atoms with van der Waals surface area (Å²) in [6.07, 6.45) is 6.36. The summed E-state index contributed by atoms with van der Waals surface area (Å²) in [6.45, 7) is 4.71. The van der Waals surface area contributed by atoms with Gasteiger partial charge in [0.25, 0.3) is 0 Å². The van der Waals surface area contributed by atoms with Gasteiger partial charge in [0.1, 0.15) is 11.9 Å². The van der Waals surface area contributed by atoms with Gasteiger partial charge in [-0.15, -0.1) is 0 Å². The molecule has 17 heavy (non-hydrogen) atoms. The van der Waals surface area contributed by atoms with E-state index in [4.69, 9.17) is 9.47 Å². The molecule has 0 bridgehead atoms. The number of hydrogen-bond donors (Lipinski definition) is 1. The van der Waals surface area contributed by atoms with Crippen molar-refractivity contribution in [1.29, 1.82) is 0 Å². The van der Waals surface area contributed by atoms with E-state index in [2.05, 4.69) is 17.2 Å². The van der Waals surface area contributed by atoms with Crippen LogP contribution in [0.1, 0.15) is 19.8 Å². The van der Waals surface area contributed by atoms with Gasteiger partial charge in [0, 0.05) is 25.9 Å². The van der Waals surface area contributed by atoms with Crippen molar-refractivity contribution in [2.45, 2.75) is 32.0 Å². The number of pyridine rings is 1. The summed E-state index contributed by atoms with van der Waals surface area (Å²) >= 11 is 0. The average Bonchev–Trinajstić information content (AvgIpc) is 2.83. The second kappa shape index (κ2) is 6.57. The van der Waals surface area contributed by atoms with E-state index in [-0.39, 0.29) is 6.10 Å². The molecular weight excluding hydrogens is 216 g/mol. The lowest BCUT2D eigenvalue weighted by atomic mass is 10.2. The van der Waals surface area contributed by atoms with Crippen LogP contribution >= 0.6 is 0 Å². The molecular formula is C13H20N2O2. The first-order chi connectivity index (χ1) is 8.34. The highest BCUT2D eigenvalue weighted by atomic mass is 16.5. The van der Waals surface area contributed by atoms with Crippen molar-refractivity contribution >= 4 is 0 Å². The van der Waals surface area contributed by atoms with Crippen LogP contribution in [0.25, 0.3) is 0 Å². The quantitative estimate of drug-likeness (QED) is 0.815. The molecule has 1 saturated heterocycles. The van der Waals surface area contributed by atoms with Gasteiger partial charge in [-0.05, 0) is 31.9 Å². The minimum absolute atomic E-state index is 0.139. The van der Waals surface area contributed by atoms with E-state index in [0.29, 0.717) is 6.10 Å². The zero-order chi connectivity index (χ0) is 11.9. The average molecular weight is 236 g/mol. The Morgan fingerprint density at radius 2 is 2.59 bits per heavy atom.